The van der Waals surface area contributed by atoms with Crippen LogP contribution in [-0.4, -0.2) is 18.5 Å². The van der Waals surface area contributed by atoms with Crippen LogP contribution < -0.4 is 16.8 Å². The van der Waals surface area contributed by atoms with E-state index in [-0.39, 0.29) is 0 Å². The van der Waals surface area contributed by atoms with E-state index in [0.29, 0.717) is 6.54 Å². The molecule has 1 aromatic heterocycles. The maximum Gasteiger partial charge on any atom is 0.235 e. The fourth-order valence-corrected chi connectivity index (χ4v) is 1.54. The summed E-state index contributed by atoms with van der Waals surface area (Å²) in [5.41, 5.74) is 10.4. The number of amides is 1. The lowest BCUT2D eigenvalue weighted by molar-refractivity contribution is -0.119. The summed E-state index contributed by atoms with van der Waals surface area (Å²) in [4.78, 5) is 11.8. The van der Waals surface area contributed by atoms with Gasteiger partial charge in [-0.05, 0) is 11.4 Å². The molecule has 5 heteroatoms. The van der Waals surface area contributed by atoms with Crippen molar-refractivity contribution in [3.05, 3.63) is 22.4 Å². The van der Waals surface area contributed by atoms with Crippen LogP contribution in [0.5, 0.6) is 0 Å². The number of carbonyl (C=O) groups excluding carboxylic acids is 1. The quantitative estimate of drug-likeness (QED) is 0.606. The minimum atomic E-state index is -0.597. The van der Waals surface area contributed by atoms with Crippen molar-refractivity contribution in [1.29, 1.82) is 0 Å². The molecule has 0 radical (unpaired) electrons. The summed E-state index contributed by atoms with van der Waals surface area (Å²) in [6.45, 7) is 1.16. The third-order valence-corrected chi connectivity index (χ3v) is 2.49. The second kappa shape index (κ2) is 4.96. The van der Waals surface area contributed by atoms with Gasteiger partial charge in [-0.2, -0.15) is 0 Å². The normalized spacial score (nSPS) is 12.7. The molecule has 0 aliphatic heterocycles. The number of carbonyl (C=O) groups is 1. The zero-order valence-electron chi connectivity index (χ0n) is 7.19. The van der Waals surface area contributed by atoms with Crippen molar-refractivity contribution in [2.45, 2.75) is 12.6 Å². The third kappa shape index (κ3) is 3.54. The van der Waals surface area contributed by atoms with Crippen molar-refractivity contribution >= 4 is 17.2 Å². The number of thiophene rings is 1. The highest BCUT2D eigenvalue weighted by Crippen LogP contribution is 2.06. The average molecular weight is 199 g/mol. The molecule has 1 amide bonds. The molecule has 1 aromatic rings. The summed E-state index contributed by atoms with van der Waals surface area (Å²) in [5.74, 6) is -0.473. The summed E-state index contributed by atoms with van der Waals surface area (Å²) in [6.07, 6.45) is 0. The first-order valence-corrected chi connectivity index (χ1v) is 4.86. The number of hydrogen-bond acceptors (Lipinski definition) is 4. The van der Waals surface area contributed by atoms with Gasteiger partial charge in [0.2, 0.25) is 5.91 Å². The van der Waals surface area contributed by atoms with Gasteiger partial charge in [0.1, 0.15) is 0 Å². The average Bonchev–Trinajstić information content (AvgIpc) is 2.56. The fraction of sp³-hybridized carbons (Fsp3) is 0.375. The third-order valence-electron chi connectivity index (χ3n) is 1.61. The molecule has 5 N–H and O–H groups in total. The molecule has 0 bridgehead atoms. The molecule has 13 heavy (non-hydrogen) atoms. The van der Waals surface area contributed by atoms with Gasteiger partial charge in [0.25, 0.3) is 0 Å². The fourth-order valence-electron chi connectivity index (χ4n) is 0.865. The molecule has 0 spiro atoms. The monoisotopic (exact) mass is 199 g/mol. The van der Waals surface area contributed by atoms with E-state index < -0.39 is 11.9 Å². The van der Waals surface area contributed by atoms with Gasteiger partial charge < -0.3 is 16.8 Å². The van der Waals surface area contributed by atoms with Crippen LogP contribution >= 0.6 is 11.3 Å². The van der Waals surface area contributed by atoms with Gasteiger partial charge in [-0.15, -0.1) is 11.3 Å². The van der Waals surface area contributed by atoms with Gasteiger partial charge in [0.05, 0.1) is 6.04 Å². The number of rotatable bonds is 5. The number of primary amides is 1. The lowest BCUT2D eigenvalue weighted by Crippen LogP contribution is -2.44. The second-order valence-corrected chi connectivity index (χ2v) is 3.75. The molecule has 0 fully saturated rings. The largest absolute Gasteiger partial charge is 0.368 e. The van der Waals surface area contributed by atoms with Gasteiger partial charge in [-0.1, -0.05) is 6.07 Å². The van der Waals surface area contributed by atoms with E-state index >= 15 is 0 Å². The summed E-state index contributed by atoms with van der Waals surface area (Å²) in [5, 5.41) is 5.06. The topological polar surface area (TPSA) is 81.1 Å². The van der Waals surface area contributed by atoms with E-state index in [1.165, 1.54) is 4.88 Å². The van der Waals surface area contributed by atoms with Crippen LogP contribution in [0.4, 0.5) is 0 Å². The Morgan fingerprint density at radius 2 is 2.46 bits per heavy atom. The SMILES string of the molecule is NC(=O)C(N)CNCc1cccs1. The van der Waals surface area contributed by atoms with Gasteiger partial charge in [0.15, 0.2) is 0 Å². The van der Waals surface area contributed by atoms with Crippen LogP contribution in [0.15, 0.2) is 17.5 Å². The highest BCUT2D eigenvalue weighted by Gasteiger charge is 2.07. The van der Waals surface area contributed by atoms with Gasteiger partial charge in [-0.3, -0.25) is 4.79 Å². The molecule has 0 saturated heterocycles. The van der Waals surface area contributed by atoms with E-state index in [1.54, 1.807) is 11.3 Å². The first kappa shape index (κ1) is 10.2. The van der Waals surface area contributed by atoms with E-state index in [4.69, 9.17) is 11.5 Å². The second-order valence-electron chi connectivity index (χ2n) is 2.72. The lowest BCUT2D eigenvalue weighted by atomic mass is 10.3. The molecule has 0 aromatic carbocycles. The number of nitrogens with one attached hydrogen (secondary N) is 1. The van der Waals surface area contributed by atoms with Gasteiger partial charge in [0, 0.05) is 18.0 Å². The summed E-state index contributed by atoms with van der Waals surface area (Å²) in [7, 11) is 0. The summed E-state index contributed by atoms with van der Waals surface area (Å²) < 4.78 is 0. The molecule has 4 nitrogen and oxygen atoms in total. The maximum atomic E-state index is 10.6. The van der Waals surface area contributed by atoms with Gasteiger partial charge >= 0.3 is 0 Å². The standard InChI is InChI=1S/C8H13N3OS/c9-7(8(10)12)5-11-4-6-2-1-3-13-6/h1-3,7,11H,4-5,9H2,(H2,10,12). The van der Waals surface area contributed by atoms with Gasteiger partial charge in [-0.25, -0.2) is 0 Å². The van der Waals surface area contributed by atoms with Crippen LogP contribution in [0.25, 0.3) is 0 Å². The molecule has 1 rings (SSSR count). The Hall–Kier alpha value is -0.910. The molecule has 1 unspecified atom stereocenters. The Kier molecular flexibility index (Phi) is 3.88. The van der Waals surface area contributed by atoms with Crippen molar-refractivity contribution in [3.8, 4) is 0 Å². The summed E-state index contributed by atoms with van der Waals surface area (Å²) >= 11 is 1.66. The highest BCUT2D eigenvalue weighted by molar-refractivity contribution is 7.09. The molecule has 0 aliphatic rings. The smallest absolute Gasteiger partial charge is 0.235 e. The molecule has 0 aliphatic carbocycles. The predicted molar refractivity (Wildman–Crippen MR) is 53.2 cm³/mol. The summed E-state index contributed by atoms with van der Waals surface area (Å²) in [6, 6.07) is 3.41. The van der Waals surface area contributed by atoms with Crippen molar-refractivity contribution in [3.63, 3.8) is 0 Å². The Morgan fingerprint density at radius 1 is 1.69 bits per heavy atom. The molecular weight excluding hydrogens is 186 g/mol. The first-order chi connectivity index (χ1) is 6.20. The minimum Gasteiger partial charge on any atom is -0.368 e. The highest BCUT2D eigenvalue weighted by atomic mass is 32.1. The zero-order chi connectivity index (χ0) is 9.68. The van der Waals surface area contributed by atoms with Crippen LogP contribution in [0.2, 0.25) is 0 Å². The Balaban J connectivity index is 2.18. The van der Waals surface area contributed by atoms with Crippen LogP contribution in [0.1, 0.15) is 4.88 Å². The molecule has 0 saturated carbocycles. The minimum absolute atomic E-state index is 0.424. The van der Waals surface area contributed by atoms with Crippen molar-refractivity contribution < 1.29 is 4.79 Å². The lowest BCUT2D eigenvalue weighted by Gasteiger charge is -2.07. The Labute approximate surface area is 80.9 Å². The van der Waals surface area contributed by atoms with Crippen molar-refractivity contribution in [2.75, 3.05) is 6.54 Å². The van der Waals surface area contributed by atoms with Crippen LogP contribution in [0.3, 0.4) is 0 Å². The Morgan fingerprint density at radius 3 is 3.00 bits per heavy atom. The first-order valence-electron chi connectivity index (χ1n) is 3.98. The maximum absolute atomic E-state index is 10.6. The van der Waals surface area contributed by atoms with Crippen LogP contribution in [-0.2, 0) is 11.3 Å². The van der Waals surface area contributed by atoms with Crippen molar-refractivity contribution in [1.82, 2.24) is 5.32 Å². The number of hydrogen-bond donors (Lipinski definition) is 3. The van der Waals surface area contributed by atoms with E-state index in [2.05, 4.69) is 5.32 Å². The van der Waals surface area contributed by atoms with E-state index in [1.807, 2.05) is 17.5 Å². The molecule has 1 atom stereocenters. The molecule has 1 heterocycles. The van der Waals surface area contributed by atoms with E-state index in [9.17, 15) is 4.79 Å². The Bertz CT molecular complexity index is 260. The zero-order valence-corrected chi connectivity index (χ0v) is 8.01. The van der Waals surface area contributed by atoms with Crippen LogP contribution in [0, 0.1) is 0 Å². The number of nitrogens with two attached hydrogens (primary N) is 2. The molecular formula is C8H13N3OS. The van der Waals surface area contributed by atoms with Crippen molar-refractivity contribution in [2.24, 2.45) is 11.5 Å². The molecule has 72 valence electrons. The van der Waals surface area contributed by atoms with E-state index in [0.717, 1.165) is 6.54 Å². The predicted octanol–water partition coefficient (Wildman–Crippen LogP) is -0.350.